The van der Waals surface area contributed by atoms with Crippen LogP contribution in [0.25, 0.3) is 0 Å². The molecule has 2 aromatic carbocycles. The monoisotopic (exact) mass is 490 g/mol. The van der Waals surface area contributed by atoms with Crippen LogP contribution in [0.2, 0.25) is 10.0 Å². The number of benzene rings is 2. The molecule has 7 heteroatoms. The number of aryl methyl sites for hydroxylation is 1. The van der Waals surface area contributed by atoms with Gasteiger partial charge in [-0.2, -0.15) is 0 Å². The van der Waals surface area contributed by atoms with Gasteiger partial charge in [-0.1, -0.05) is 73.7 Å². The fraction of sp³-hybridized carbons (Fsp3) is 0.462. The molecule has 33 heavy (non-hydrogen) atoms. The molecule has 178 valence electrons. The van der Waals surface area contributed by atoms with Crippen molar-refractivity contribution >= 4 is 35.0 Å². The van der Waals surface area contributed by atoms with E-state index in [9.17, 15) is 9.59 Å². The van der Waals surface area contributed by atoms with Crippen LogP contribution in [0.15, 0.2) is 42.5 Å². The average Bonchev–Trinajstić information content (AvgIpc) is 2.80. The van der Waals surface area contributed by atoms with E-state index in [1.807, 2.05) is 38.1 Å². The van der Waals surface area contributed by atoms with Gasteiger partial charge in [0.2, 0.25) is 5.91 Å². The predicted molar refractivity (Wildman–Crippen MR) is 133 cm³/mol. The maximum atomic E-state index is 13.4. The minimum absolute atomic E-state index is 0.101. The number of ether oxygens (including phenoxy) is 1. The number of halogens is 2. The lowest BCUT2D eigenvalue weighted by molar-refractivity contribution is -0.143. The third kappa shape index (κ3) is 7.12. The molecule has 0 aromatic heterocycles. The van der Waals surface area contributed by atoms with Crippen LogP contribution in [0.5, 0.6) is 5.75 Å². The molecule has 0 saturated heterocycles. The highest BCUT2D eigenvalue weighted by molar-refractivity contribution is 6.35. The number of carbonyl (C=O) groups excluding carboxylic acids is 2. The van der Waals surface area contributed by atoms with Crippen molar-refractivity contribution in [3.63, 3.8) is 0 Å². The van der Waals surface area contributed by atoms with Gasteiger partial charge in [0.05, 0.1) is 5.02 Å². The van der Waals surface area contributed by atoms with Gasteiger partial charge in [-0.15, -0.1) is 0 Å². The molecule has 2 aromatic rings. The molecule has 1 fully saturated rings. The molecule has 0 heterocycles. The third-order valence-corrected chi connectivity index (χ3v) is 6.71. The zero-order valence-electron chi connectivity index (χ0n) is 19.3. The molecule has 0 aliphatic heterocycles. The molecule has 0 spiro atoms. The van der Waals surface area contributed by atoms with Crippen LogP contribution in [0.4, 0.5) is 0 Å². The molecule has 1 aliphatic rings. The summed E-state index contributed by atoms with van der Waals surface area (Å²) in [6.45, 7) is 4.05. The number of nitrogens with zero attached hydrogens (tertiary/aromatic N) is 1. The van der Waals surface area contributed by atoms with Crippen LogP contribution < -0.4 is 10.1 Å². The quantitative estimate of drug-likeness (QED) is 0.473. The number of nitrogens with one attached hydrogen (secondary N) is 1. The van der Waals surface area contributed by atoms with E-state index in [1.165, 1.54) is 6.42 Å². The van der Waals surface area contributed by atoms with Gasteiger partial charge in [-0.25, -0.2) is 0 Å². The van der Waals surface area contributed by atoms with Crippen molar-refractivity contribution in [2.24, 2.45) is 0 Å². The minimum atomic E-state index is -0.580. The fourth-order valence-electron chi connectivity index (χ4n) is 4.25. The Hall–Kier alpha value is -2.24. The lowest BCUT2D eigenvalue weighted by Gasteiger charge is -2.33. The summed E-state index contributed by atoms with van der Waals surface area (Å²) < 4.78 is 5.71. The van der Waals surface area contributed by atoms with Crippen LogP contribution in [0.1, 0.15) is 56.6 Å². The highest BCUT2D eigenvalue weighted by atomic mass is 35.5. The van der Waals surface area contributed by atoms with Crippen molar-refractivity contribution < 1.29 is 14.3 Å². The molecule has 1 N–H and O–H groups in total. The zero-order chi connectivity index (χ0) is 23.8. The Morgan fingerprint density at radius 2 is 1.85 bits per heavy atom. The molecule has 3 rings (SSSR count). The third-order valence-electron chi connectivity index (χ3n) is 6.18. The molecule has 1 saturated carbocycles. The van der Waals surface area contributed by atoms with E-state index in [2.05, 4.69) is 5.32 Å². The number of hydrogen-bond acceptors (Lipinski definition) is 3. The predicted octanol–water partition coefficient (Wildman–Crippen LogP) is 5.94. The molecule has 0 bridgehead atoms. The molecule has 0 unspecified atom stereocenters. The van der Waals surface area contributed by atoms with E-state index in [-0.39, 0.29) is 24.5 Å². The summed E-state index contributed by atoms with van der Waals surface area (Å²) >= 11 is 12.1. The summed E-state index contributed by atoms with van der Waals surface area (Å²) in [6.07, 6.45) is 5.97. The second-order valence-corrected chi connectivity index (χ2v) is 9.42. The first-order chi connectivity index (χ1) is 15.9. The average molecular weight is 491 g/mol. The maximum absolute atomic E-state index is 13.4. The molecule has 1 aliphatic carbocycles. The second kappa shape index (κ2) is 12.3. The first-order valence-corrected chi connectivity index (χ1v) is 12.4. The highest BCUT2D eigenvalue weighted by Gasteiger charge is 2.31. The number of rotatable bonds is 9. The van der Waals surface area contributed by atoms with Gasteiger partial charge >= 0.3 is 0 Å². The SMILES string of the molecule is CC[C@@H](C(=O)NC1CCCCC1)N(Cc1ccccc1C)C(=O)COc1ccc(Cl)cc1Cl. The van der Waals surface area contributed by atoms with Gasteiger partial charge in [0.25, 0.3) is 5.91 Å². The van der Waals surface area contributed by atoms with Gasteiger partial charge < -0.3 is 15.0 Å². The number of carbonyl (C=O) groups is 2. The Balaban J connectivity index is 1.78. The van der Waals surface area contributed by atoms with Gasteiger partial charge in [0, 0.05) is 17.6 Å². The van der Waals surface area contributed by atoms with Crippen LogP contribution >= 0.6 is 23.2 Å². The summed E-state index contributed by atoms with van der Waals surface area (Å²) in [4.78, 5) is 28.2. The Labute approximate surface area is 206 Å². The van der Waals surface area contributed by atoms with Crippen LogP contribution in [-0.4, -0.2) is 35.4 Å². The first-order valence-electron chi connectivity index (χ1n) is 11.6. The van der Waals surface area contributed by atoms with Crippen LogP contribution in [0, 0.1) is 6.92 Å². The summed E-state index contributed by atoms with van der Waals surface area (Å²) in [5.74, 6) is 0.00994. The smallest absolute Gasteiger partial charge is 0.261 e. The Morgan fingerprint density at radius 3 is 2.52 bits per heavy atom. The van der Waals surface area contributed by atoms with Crippen molar-refractivity contribution in [3.8, 4) is 5.75 Å². The van der Waals surface area contributed by atoms with Crippen molar-refractivity contribution in [2.75, 3.05) is 6.61 Å². The molecular formula is C26H32Cl2N2O3. The van der Waals surface area contributed by atoms with E-state index < -0.39 is 6.04 Å². The van der Waals surface area contributed by atoms with Gasteiger partial charge in [0.15, 0.2) is 6.61 Å². The maximum Gasteiger partial charge on any atom is 0.261 e. The summed E-state index contributed by atoms with van der Waals surface area (Å²) in [6, 6.07) is 12.4. The number of hydrogen-bond donors (Lipinski definition) is 1. The lowest BCUT2D eigenvalue weighted by atomic mass is 9.95. The van der Waals surface area contributed by atoms with Crippen molar-refractivity contribution in [1.82, 2.24) is 10.2 Å². The number of amides is 2. The lowest BCUT2D eigenvalue weighted by Crippen LogP contribution is -2.52. The molecule has 2 amide bonds. The van der Waals surface area contributed by atoms with Crippen LogP contribution in [0.3, 0.4) is 0 Å². The Kier molecular flexibility index (Phi) is 9.45. The first kappa shape index (κ1) is 25.4. The topological polar surface area (TPSA) is 58.6 Å². The van der Waals surface area contributed by atoms with E-state index in [0.29, 0.717) is 28.8 Å². The normalized spacial score (nSPS) is 15.0. The van der Waals surface area contributed by atoms with E-state index >= 15 is 0 Å². The van der Waals surface area contributed by atoms with E-state index in [4.69, 9.17) is 27.9 Å². The van der Waals surface area contributed by atoms with E-state index in [1.54, 1.807) is 23.1 Å². The summed E-state index contributed by atoms with van der Waals surface area (Å²) in [5.41, 5.74) is 2.07. The standard InChI is InChI=1S/C26H32Cl2N2O3/c1-3-23(26(32)29-21-11-5-4-6-12-21)30(16-19-10-8-7-9-18(19)2)25(31)17-33-24-14-13-20(27)15-22(24)28/h7-10,13-15,21,23H,3-6,11-12,16-17H2,1-2H3,(H,29,32)/t23-/m0/s1. The summed E-state index contributed by atoms with van der Waals surface area (Å²) in [5, 5.41) is 4.01. The van der Waals surface area contributed by atoms with Crippen molar-refractivity contribution in [2.45, 2.75) is 71.0 Å². The Bertz CT molecular complexity index is 960. The highest BCUT2D eigenvalue weighted by Crippen LogP contribution is 2.28. The van der Waals surface area contributed by atoms with Crippen molar-refractivity contribution in [3.05, 3.63) is 63.6 Å². The van der Waals surface area contributed by atoms with Crippen molar-refractivity contribution in [1.29, 1.82) is 0 Å². The zero-order valence-corrected chi connectivity index (χ0v) is 20.8. The fourth-order valence-corrected chi connectivity index (χ4v) is 4.71. The van der Waals surface area contributed by atoms with Gasteiger partial charge in [0.1, 0.15) is 11.8 Å². The minimum Gasteiger partial charge on any atom is -0.482 e. The second-order valence-electron chi connectivity index (χ2n) is 8.58. The van der Waals surface area contributed by atoms with E-state index in [0.717, 1.165) is 36.8 Å². The van der Waals surface area contributed by atoms with Gasteiger partial charge in [-0.05, 0) is 55.5 Å². The molecule has 5 nitrogen and oxygen atoms in total. The molecule has 0 radical (unpaired) electrons. The Morgan fingerprint density at radius 1 is 1.12 bits per heavy atom. The largest absolute Gasteiger partial charge is 0.482 e. The van der Waals surface area contributed by atoms with Crippen LogP contribution in [-0.2, 0) is 16.1 Å². The molecule has 1 atom stereocenters. The molecular weight excluding hydrogens is 459 g/mol. The summed E-state index contributed by atoms with van der Waals surface area (Å²) in [7, 11) is 0. The van der Waals surface area contributed by atoms with Gasteiger partial charge in [-0.3, -0.25) is 9.59 Å².